The first kappa shape index (κ1) is 12.4. The third-order valence-corrected chi connectivity index (χ3v) is 4.91. The molecular weight excluding hydrogens is 271 g/mol. The van der Waals surface area contributed by atoms with Gasteiger partial charge in [-0.25, -0.2) is 9.97 Å². The lowest BCUT2D eigenvalue weighted by Gasteiger charge is -2.73. The van der Waals surface area contributed by atoms with Crippen LogP contribution in [-0.4, -0.2) is 28.7 Å². The zero-order chi connectivity index (χ0) is 14.0. The van der Waals surface area contributed by atoms with Crippen LogP contribution in [-0.2, 0) is 6.18 Å². The van der Waals surface area contributed by atoms with Crippen LogP contribution >= 0.6 is 0 Å². The van der Waals surface area contributed by atoms with E-state index in [0.717, 1.165) is 50.7 Å². The lowest BCUT2D eigenvalue weighted by atomic mass is 9.36. The predicted molar refractivity (Wildman–Crippen MR) is 63.0 cm³/mol. The molecule has 1 aliphatic heterocycles. The van der Waals surface area contributed by atoms with Gasteiger partial charge in [0.2, 0.25) is 5.88 Å². The topological polar surface area (TPSA) is 47.0 Å². The van der Waals surface area contributed by atoms with Crippen LogP contribution in [0.4, 0.5) is 13.2 Å². The maximum Gasteiger partial charge on any atom is 0.434 e. The zero-order valence-corrected chi connectivity index (χ0v) is 10.7. The van der Waals surface area contributed by atoms with Gasteiger partial charge < -0.3 is 10.1 Å². The Morgan fingerprint density at radius 3 is 2.30 bits per heavy atom. The molecule has 0 aromatic carbocycles. The van der Waals surface area contributed by atoms with Crippen molar-refractivity contribution in [3.05, 3.63) is 18.1 Å². The molecule has 7 heteroatoms. The van der Waals surface area contributed by atoms with Crippen LogP contribution in [0.25, 0.3) is 0 Å². The summed E-state index contributed by atoms with van der Waals surface area (Å²) in [5.74, 6) is 0.935. The van der Waals surface area contributed by atoms with Crippen LogP contribution in [0.5, 0.6) is 5.88 Å². The Hall–Kier alpha value is -1.37. The van der Waals surface area contributed by atoms with Crippen molar-refractivity contribution >= 4 is 0 Å². The minimum atomic E-state index is -4.46. The second kappa shape index (κ2) is 3.63. The van der Waals surface area contributed by atoms with Crippen LogP contribution in [0.15, 0.2) is 12.4 Å². The fourth-order valence-corrected chi connectivity index (χ4v) is 3.77. The quantitative estimate of drug-likeness (QED) is 0.923. The van der Waals surface area contributed by atoms with E-state index in [-0.39, 0.29) is 11.5 Å². The van der Waals surface area contributed by atoms with Gasteiger partial charge in [-0.2, -0.15) is 13.2 Å². The molecule has 3 saturated carbocycles. The molecule has 2 heterocycles. The van der Waals surface area contributed by atoms with E-state index in [2.05, 4.69) is 15.3 Å². The van der Waals surface area contributed by atoms with Crippen LogP contribution in [0.1, 0.15) is 25.0 Å². The van der Waals surface area contributed by atoms with Crippen molar-refractivity contribution in [1.82, 2.24) is 15.3 Å². The molecule has 0 atom stereocenters. The third-order valence-electron chi connectivity index (χ3n) is 4.91. The van der Waals surface area contributed by atoms with Gasteiger partial charge in [0.15, 0.2) is 5.69 Å². The predicted octanol–water partition coefficient (Wildman–Crippen LogP) is 2.02. The minimum absolute atomic E-state index is 0.190. The molecule has 4 aliphatic rings. The number of rotatable bonds is 3. The molecule has 1 N–H and O–H groups in total. The van der Waals surface area contributed by atoms with Crippen molar-refractivity contribution in [2.45, 2.75) is 31.0 Å². The van der Waals surface area contributed by atoms with Crippen LogP contribution < -0.4 is 10.1 Å². The van der Waals surface area contributed by atoms with E-state index in [0.29, 0.717) is 5.41 Å². The highest BCUT2D eigenvalue weighted by molar-refractivity contribution is 5.26. The average Bonchev–Trinajstić information content (AvgIpc) is 2.21. The highest BCUT2D eigenvalue weighted by atomic mass is 19.4. The molecule has 108 valence electrons. The van der Waals surface area contributed by atoms with Gasteiger partial charge in [0.05, 0.1) is 12.4 Å². The number of alkyl halides is 3. The van der Waals surface area contributed by atoms with E-state index in [1.165, 1.54) is 0 Å². The van der Waals surface area contributed by atoms with Gasteiger partial charge in [-0.1, -0.05) is 0 Å². The summed E-state index contributed by atoms with van der Waals surface area (Å²) in [6.45, 7) is 2.16. The lowest BCUT2D eigenvalue weighted by Crippen LogP contribution is -2.76. The number of nitrogens with zero attached hydrogens (tertiary/aromatic N) is 2. The number of hydrogen-bond acceptors (Lipinski definition) is 4. The summed E-state index contributed by atoms with van der Waals surface area (Å²) in [6.07, 6.45) is 0.329. The Bertz CT molecular complexity index is 519. The van der Waals surface area contributed by atoms with Crippen molar-refractivity contribution in [3.8, 4) is 5.88 Å². The van der Waals surface area contributed by atoms with Crippen molar-refractivity contribution in [2.24, 2.45) is 11.3 Å². The Labute approximate surface area is 113 Å². The fourth-order valence-electron chi connectivity index (χ4n) is 3.77. The average molecular weight is 285 g/mol. The Balaban J connectivity index is 1.39. The van der Waals surface area contributed by atoms with Gasteiger partial charge in [0.25, 0.3) is 0 Å². The first-order valence-corrected chi connectivity index (χ1v) is 6.70. The summed E-state index contributed by atoms with van der Waals surface area (Å²) >= 11 is 0. The molecule has 5 rings (SSSR count). The zero-order valence-electron chi connectivity index (χ0n) is 10.7. The molecule has 1 aromatic heterocycles. The van der Waals surface area contributed by atoms with E-state index < -0.39 is 11.9 Å². The number of aromatic nitrogens is 2. The number of halogens is 3. The summed E-state index contributed by atoms with van der Waals surface area (Å²) in [5, 5.41) is 3.27. The van der Waals surface area contributed by atoms with Gasteiger partial charge in [0, 0.05) is 0 Å². The number of hydrogen-bond donors (Lipinski definition) is 1. The largest absolute Gasteiger partial charge is 0.470 e. The highest BCUT2D eigenvalue weighted by Gasteiger charge is 2.73. The van der Waals surface area contributed by atoms with Crippen molar-refractivity contribution in [2.75, 3.05) is 13.1 Å². The molecular formula is C13H14F3N3O. The summed E-state index contributed by atoms with van der Waals surface area (Å²) in [5.41, 5.74) is -0.756. The second-order valence-corrected chi connectivity index (χ2v) is 6.27. The SMILES string of the molecule is FC(F)(F)c1cnc(OC23CC(C4CNC4)(C2)C3)cn1. The van der Waals surface area contributed by atoms with Crippen LogP contribution in [0.3, 0.4) is 0 Å². The summed E-state index contributed by atoms with van der Waals surface area (Å²) < 4.78 is 42.9. The minimum Gasteiger partial charge on any atom is -0.470 e. The van der Waals surface area contributed by atoms with Gasteiger partial charge in [-0.3, -0.25) is 0 Å². The summed E-state index contributed by atoms with van der Waals surface area (Å²) in [6, 6.07) is 0. The van der Waals surface area contributed by atoms with Gasteiger partial charge >= 0.3 is 6.18 Å². The second-order valence-electron chi connectivity index (χ2n) is 6.27. The normalized spacial score (nSPS) is 35.8. The van der Waals surface area contributed by atoms with Gasteiger partial charge in [-0.05, 0) is 43.7 Å². The van der Waals surface area contributed by atoms with E-state index >= 15 is 0 Å². The third kappa shape index (κ3) is 1.65. The molecule has 0 spiro atoms. The molecule has 0 radical (unpaired) electrons. The molecule has 3 aliphatic carbocycles. The first-order chi connectivity index (χ1) is 9.41. The maximum absolute atomic E-state index is 12.4. The van der Waals surface area contributed by atoms with E-state index in [1.807, 2.05) is 0 Å². The van der Waals surface area contributed by atoms with Crippen molar-refractivity contribution in [3.63, 3.8) is 0 Å². The smallest absolute Gasteiger partial charge is 0.434 e. The molecule has 1 aromatic rings. The molecule has 0 unspecified atom stereocenters. The summed E-state index contributed by atoms with van der Waals surface area (Å²) in [7, 11) is 0. The van der Waals surface area contributed by atoms with E-state index in [4.69, 9.17) is 4.74 Å². The molecule has 2 bridgehead atoms. The monoisotopic (exact) mass is 285 g/mol. The van der Waals surface area contributed by atoms with Crippen molar-refractivity contribution in [1.29, 1.82) is 0 Å². The molecule has 20 heavy (non-hydrogen) atoms. The molecule has 4 fully saturated rings. The van der Waals surface area contributed by atoms with E-state index in [9.17, 15) is 13.2 Å². The van der Waals surface area contributed by atoms with E-state index in [1.54, 1.807) is 0 Å². The summed E-state index contributed by atoms with van der Waals surface area (Å²) in [4.78, 5) is 7.09. The van der Waals surface area contributed by atoms with Crippen LogP contribution in [0, 0.1) is 11.3 Å². The first-order valence-electron chi connectivity index (χ1n) is 6.70. The standard InChI is InChI=1S/C13H14F3N3O/c14-13(15,16)9-3-19-10(4-18-9)20-12-5-11(6-12,7-12)8-1-17-2-8/h3-4,8,17H,1-2,5-7H2. The highest BCUT2D eigenvalue weighted by Crippen LogP contribution is 2.72. The maximum atomic E-state index is 12.4. The van der Waals surface area contributed by atoms with Gasteiger partial charge in [0.1, 0.15) is 5.60 Å². The molecule has 0 amide bonds. The van der Waals surface area contributed by atoms with Gasteiger partial charge in [-0.15, -0.1) is 0 Å². The van der Waals surface area contributed by atoms with Crippen molar-refractivity contribution < 1.29 is 17.9 Å². The fraction of sp³-hybridized carbons (Fsp3) is 0.692. The Kier molecular flexibility index (Phi) is 2.25. The van der Waals surface area contributed by atoms with Crippen LogP contribution in [0.2, 0.25) is 0 Å². The Morgan fingerprint density at radius 1 is 1.15 bits per heavy atom. The Morgan fingerprint density at radius 2 is 1.85 bits per heavy atom. The molecule has 1 saturated heterocycles. The number of ether oxygens (including phenoxy) is 1. The number of nitrogens with one attached hydrogen (secondary N) is 1. The lowest BCUT2D eigenvalue weighted by molar-refractivity contribution is -0.274. The molecule has 4 nitrogen and oxygen atoms in total.